The summed E-state index contributed by atoms with van der Waals surface area (Å²) >= 11 is 0. The van der Waals surface area contributed by atoms with Gasteiger partial charge >= 0.3 is 0 Å². The second-order valence-corrected chi connectivity index (χ2v) is 4.93. The molecular weight excluding hydrogens is 240 g/mol. The number of nitrogens with zero attached hydrogens (tertiary/aromatic N) is 2. The number of aromatic nitrogens is 1. The van der Waals surface area contributed by atoms with Gasteiger partial charge in [-0.15, -0.1) is 0 Å². The van der Waals surface area contributed by atoms with Gasteiger partial charge in [0.1, 0.15) is 11.4 Å². The van der Waals surface area contributed by atoms with Gasteiger partial charge < -0.3 is 14.2 Å². The molecule has 4 heteroatoms. The lowest BCUT2D eigenvalue weighted by atomic mass is 10.0. The lowest BCUT2D eigenvalue weighted by Gasteiger charge is -2.24. The van der Waals surface area contributed by atoms with Crippen molar-refractivity contribution in [3.63, 3.8) is 0 Å². The Hall–Kier alpha value is -1.97. The zero-order valence-electron chi connectivity index (χ0n) is 11.6. The third kappa shape index (κ3) is 1.63. The molecule has 0 saturated carbocycles. The van der Waals surface area contributed by atoms with Crippen LogP contribution < -0.4 is 4.74 Å². The summed E-state index contributed by atoms with van der Waals surface area (Å²) in [5.74, 6) is 0.966. The highest BCUT2D eigenvalue weighted by atomic mass is 16.5. The van der Waals surface area contributed by atoms with Crippen LogP contribution in [0.1, 0.15) is 23.0 Å². The summed E-state index contributed by atoms with van der Waals surface area (Å²) in [5.41, 5.74) is 3.13. The van der Waals surface area contributed by atoms with Crippen molar-refractivity contribution in [1.29, 1.82) is 0 Å². The first-order valence-corrected chi connectivity index (χ1v) is 6.62. The maximum absolute atomic E-state index is 12.4. The van der Waals surface area contributed by atoms with E-state index in [1.807, 2.05) is 25.2 Å². The van der Waals surface area contributed by atoms with Crippen molar-refractivity contribution in [2.24, 2.45) is 0 Å². The van der Waals surface area contributed by atoms with Crippen LogP contribution in [0, 0.1) is 0 Å². The molecule has 0 fully saturated rings. The van der Waals surface area contributed by atoms with Crippen LogP contribution in [0.3, 0.4) is 0 Å². The number of hydrogen-bond acceptors (Lipinski definition) is 2. The van der Waals surface area contributed by atoms with Crippen LogP contribution in [0.25, 0.3) is 10.9 Å². The third-order valence-electron chi connectivity index (χ3n) is 3.94. The van der Waals surface area contributed by atoms with Crippen LogP contribution >= 0.6 is 0 Å². The SMILES string of the molecule is CCn1c2c(c3cc(OC)ccc31)CCN(C)C2=O. The van der Waals surface area contributed by atoms with E-state index >= 15 is 0 Å². The van der Waals surface area contributed by atoms with Gasteiger partial charge in [0.05, 0.1) is 7.11 Å². The third-order valence-corrected chi connectivity index (χ3v) is 3.94. The largest absolute Gasteiger partial charge is 0.497 e. The average Bonchev–Trinajstić information content (AvgIpc) is 2.76. The Bertz CT molecular complexity index is 658. The molecule has 1 aliphatic rings. The molecule has 19 heavy (non-hydrogen) atoms. The van der Waals surface area contributed by atoms with Gasteiger partial charge in [0.25, 0.3) is 5.91 Å². The Balaban J connectivity index is 2.34. The molecule has 0 radical (unpaired) electrons. The summed E-state index contributed by atoms with van der Waals surface area (Å²) in [5, 5.41) is 1.15. The minimum absolute atomic E-state index is 0.123. The van der Waals surface area contributed by atoms with Crippen molar-refractivity contribution < 1.29 is 9.53 Å². The first-order chi connectivity index (χ1) is 9.17. The van der Waals surface area contributed by atoms with Gasteiger partial charge in [-0.2, -0.15) is 0 Å². The Morgan fingerprint density at radius 2 is 2.16 bits per heavy atom. The van der Waals surface area contributed by atoms with Gasteiger partial charge in [0, 0.05) is 31.0 Å². The van der Waals surface area contributed by atoms with Gasteiger partial charge in [0.15, 0.2) is 0 Å². The van der Waals surface area contributed by atoms with E-state index in [0.29, 0.717) is 0 Å². The molecule has 1 amide bonds. The average molecular weight is 258 g/mol. The van der Waals surface area contributed by atoms with E-state index in [1.165, 1.54) is 5.56 Å². The summed E-state index contributed by atoms with van der Waals surface area (Å²) < 4.78 is 7.41. The zero-order chi connectivity index (χ0) is 13.6. The summed E-state index contributed by atoms with van der Waals surface area (Å²) in [4.78, 5) is 14.2. The number of amides is 1. The number of methoxy groups -OCH3 is 1. The van der Waals surface area contributed by atoms with Gasteiger partial charge in [0.2, 0.25) is 0 Å². The Morgan fingerprint density at radius 3 is 2.84 bits per heavy atom. The van der Waals surface area contributed by atoms with E-state index < -0.39 is 0 Å². The number of carbonyl (C=O) groups is 1. The van der Waals surface area contributed by atoms with Crippen molar-refractivity contribution in [1.82, 2.24) is 9.47 Å². The van der Waals surface area contributed by atoms with E-state index in [4.69, 9.17) is 4.74 Å². The van der Waals surface area contributed by atoms with Crippen LogP contribution in [0.4, 0.5) is 0 Å². The van der Waals surface area contributed by atoms with Crippen LogP contribution in [-0.2, 0) is 13.0 Å². The zero-order valence-corrected chi connectivity index (χ0v) is 11.6. The molecule has 2 aromatic rings. The van der Waals surface area contributed by atoms with Crippen molar-refractivity contribution in [3.8, 4) is 5.75 Å². The van der Waals surface area contributed by atoms with Gasteiger partial charge in [-0.05, 0) is 37.1 Å². The van der Waals surface area contributed by atoms with E-state index in [0.717, 1.165) is 41.9 Å². The quantitative estimate of drug-likeness (QED) is 0.828. The highest BCUT2D eigenvalue weighted by Gasteiger charge is 2.28. The summed E-state index contributed by atoms with van der Waals surface area (Å²) in [7, 11) is 3.53. The molecule has 1 aromatic carbocycles. The molecule has 3 rings (SSSR count). The summed E-state index contributed by atoms with van der Waals surface area (Å²) in [6.45, 7) is 3.66. The van der Waals surface area contributed by atoms with Crippen molar-refractivity contribution in [3.05, 3.63) is 29.5 Å². The van der Waals surface area contributed by atoms with Crippen molar-refractivity contribution >= 4 is 16.8 Å². The normalized spacial score (nSPS) is 14.9. The lowest BCUT2D eigenvalue weighted by Crippen LogP contribution is -2.35. The monoisotopic (exact) mass is 258 g/mol. The Morgan fingerprint density at radius 1 is 1.37 bits per heavy atom. The van der Waals surface area contributed by atoms with Crippen LogP contribution in [0.5, 0.6) is 5.75 Å². The number of benzene rings is 1. The molecule has 2 heterocycles. The van der Waals surface area contributed by atoms with Crippen LogP contribution in [0.2, 0.25) is 0 Å². The molecule has 0 spiro atoms. The maximum atomic E-state index is 12.4. The number of ether oxygens (including phenoxy) is 1. The summed E-state index contributed by atoms with van der Waals surface area (Å²) in [6.07, 6.45) is 0.911. The van der Waals surface area contributed by atoms with Gasteiger partial charge in [-0.25, -0.2) is 0 Å². The second kappa shape index (κ2) is 4.30. The topological polar surface area (TPSA) is 34.5 Å². The number of fused-ring (bicyclic) bond motifs is 3. The number of hydrogen-bond donors (Lipinski definition) is 0. The minimum atomic E-state index is 0.123. The predicted molar refractivity (Wildman–Crippen MR) is 74.8 cm³/mol. The van der Waals surface area contributed by atoms with Crippen LogP contribution in [0.15, 0.2) is 18.2 Å². The number of likely N-dealkylation sites (N-methyl/N-ethyl adjacent to an activating group) is 1. The predicted octanol–water partition coefficient (Wildman–Crippen LogP) is 2.30. The van der Waals surface area contributed by atoms with Crippen molar-refractivity contribution in [2.45, 2.75) is 19.9 Å². The maximum Gasteiger partial charge on any atom is 0.270 e. The smallest absolute Gasteiger partial charge is 0.270 e. The highest BCUT2D eigenvalue weighted by Crippen LogP contribution is 2.32. The molecule has 0 unspecified atom stereocenters. The molecule has 0 aliphatic carbocycles. The first kappa shape index (κ1) is 12.1. The molecule has 0 N–H and O–H groups in total. The minimum Gasteiger partial charge on any atom is -0.497 e. The Labute approximate surface area is 112 Å². The molecular formula is C15H18N2O2. The second-order valence-electron chi connectivity index (χ2n) is 4.93. The number of rotatable bonds is 2. The molecule has 0 saturated heterocycles. The van der Waals surface area contributed by atoms with E-state index in [-0.39, 0.29) is 5.91 Å². The summed E-state index contributed by atoms with van der Waals surface area (Å²) in [6, 6.07) is 6.04. The molecule has 0 atom stereocenters. The molecule has 100 valence electrons. The standard InChI is InChI=1S/C15H18N2O2/c1-4-17-13-6-5-10(19-3)9-12(13)11-7-8-16(2)15(18)14(11)17/h5-6,9H,4,7-8H2,1-3H3. The number of aryl methyl sites for hydroxylation is 1. The molecule has 1 aromatic heterocycles. The van der Waals surface area contributed by atoms with E-state index in [1.54, 1.807) is 12.0 Å². The first-order valence-electron chi connectivity index (χ1n) is 6.62. The molecule has 4 nitrogen and oxygen atoms in total. The molecule has 1 aliphatic heterocycles. The highest BCUT2D eigenvalue weighted by molar-refractivity contribution is 6.03. The fraction of sp³-hybridized carbons (Fsp3) is 0.400. The van der Waals surface area contributed by atoms with E-state index in [2.05, 4.69) is 11.5 Å². The van der Waals surface area contributed by atoms with Gasteiger partial charge in [-0.1, -0.05) is 0 Å². The molecule has 0 bridgehead atoms. The number of carbonyl (C=O) groups excluding carboxylic acids is 1. The van der Waals surface area contributed by atoms with Crippen molar-refractivity contribution in [2.75, 3.05) is 20.7 Å². The van der Waals surface area contributed by atoms with Crippen LogP contribution in [-0.4, -0.2) is 36.1 Å². The fourth-order valence-corrected chi connectivity index (χ4v) is 2.92. The van der Waals surface area contributed by atoms with E-state index in [9.17, 15) is 4.79 Å². The lowest BCUT2D eigenvalue weighted by molar-refractivity contribution is 0.0770. The fourth-order valence-electron chi connectivity index (χ4n) is 2.92. The Kier molecular flexibility index (Phi) is 2.73. The van der Waals surface area contributed by atoms with Gasteiger partial charge in [-0.3, -0.25) is 4.79 Å².